The summed E-state index contributed by atoms with van der Waals surface area (Å²) in [6, 6.07) is 3.32. The molecule has 7 heteroatoms. The van der Waals surface area contributed by atoms with E-state index in [1.165, 1.54) is 30.3 Å². The van der Waals surface area contributed by atoms with Crippen LogP contribution >= 0.6 is 0 Å². The van der Waals surface area contributed by atoms with Crippen LogP contribution in [0.15, 0.2) is 24.7 Å². The van der Waals surface area contributed by atoms with Crippen molar-refractivity contribution in [2.45, 2.75) is 31.8 Å². The average Bonchev–Trinajstić information content (AvgIpc) is 2.58. The second-order valence-corrected chi connectivity index (χ2v) is 6.22. The van der Waals surface area contributed by atoms with Crippen molar-refractivity contribution in [2.75, 3.05) is 18.0 Å². The Kier molecular flexibility index (Phi) is 3.76. The highest BCUT2D eigenvalue weighted by Gasteiger charge is 2.32. The van der Waals surface area contributed by atoms with Crippen LogP contribution in [0, 0.1) is 0 Å². The number of nitrogens with two attached hydrogens (primary N) is 1. The molecule has 0 unspecified atom stereocenters. The summed E-state index contributed by atoms with van der Waals surface area (Å²) in [6.45, 7) is 1.55. The number of aromatic nitrogens is 3. The van der Waals surface area contributed by atoms with E-state index in [1.54, 1.807) is 18.5 Å². The van der Waals surface area contributed by atoms with Crippen molar-refractivity contribution in [1.29, 1.82) is 0 Å². The zero-order valence-electron chi connectivity index (χ0n) is 13.3. The number of primary amides is 1. The van der Waals surface area contributed by atoms with Crippen molar-refractivity contribution in [1.82, 2.24) is 15.0 Å². The first-order valence-electron chi connectivity index (χ1n) is 8.21. The molecule has 7 nitrogen and oxygen atoms in total. The molecule has 0 bridgehead atoms. The van der Waals surface area contributed by atoms with Crippen LogP contribution in [0.5, 0.6) is 5.75 Å². The van der Waals surface area contributed by atoms with Gasteiger partial charge < -0.3 is 15.4 Å². The SMILES string of the molecule is NC(=O)c1cc(OC2CN(c3ncnc4c3CCCC4)C2)ccn1. The first kappa shape index (κ1) is 14.9. The Hall–Kier alpha value is -2.70. The molecule has 2 aromatic rings. The van der Waals surface area contributed by atoms with Gasteiger partial charge in [0.2, 0.25) is 0 Å². The molecule has 0 aromatic carbocycles. The third kappa shape index (κ3) is 2.77. The smallest absolute Gasteiger partial charge is 0.267 e. The van der Waals surface area contributed by atoms with Crippen molar-refractivity contribution in [3.8, 4) is 5.75 Å². The van der Waals surface area contributed by atoms with Gasteiger partial charge in [-0.05, 0) is 31.7 Å². The number of hydrogen-bond acceptors (Lipinski definition) is 6. The second kappa shape index (κ2) is 6.07. The number of fused-ring (bicyclic) bond motifs is 1. The standard InChI is InChI=1S/C17H19N5O2/c18-16(23)15-7-11(5-6-19-15)24-12-8-22(9-12)17-13-3-1-2-4-14(13)20-10-21-17/h5-7,10,12H,1-4,8-9H2,(H2,18,23). The maximum absolute atomic E-state index is 11.2. The molecule has 24 heavy (non-hydrogen) atoms. The number of carbonyl (C=O) groups excluding carboxylic acids is 1. The van der Waals surface area contributed by atoms with Crippen molar-refractivity contribution in [2.24, 2.45) is 5.73 Å². The van der Waals surface area contributed by atoms with Gasteiger partial charge in [0.05, 0.1) is 13.1 Å². The van der Waals surface area contributed by atoms with Crippen molar-refractivity contribution < 1.29 is 9.53 Å². The number of amides is 1. The largest absolute Gasteiger partial charge is 0.487 e. The predicted molar refractivity (Wildman–Crippen MR) is 88.1 cm³/mol. The van der Waals surface area contributed by atoms with E-state index in [2.05, 4.69) is 19.9 Å². The van der Waals surface area contributed by atoms with Crippen LogP contribution in [-0.2, 0) is 12.8 Å². The molecule has 1 saturated heterocycles. The van der Waals surface area contributed by atoms with Gasteiger partial charge in [0.25, 0.3) is 5.91 Å². The predicted octanol–water partition coefficient (Wildman–Crippen LogP) is 1.12. The van der Waals surface area contributed by atoms with Crippen molar-refractivity contribution in [3.05, 3.63) is 41.6 Å². The Bertz CT molecular complexity index is 773. The minimum Gasteiger partial charge on any atom is -0.487 e. The molecule has 1 aliphatic heterocycles. The Morgan fingerprint density at radius 3 is 2.88 bits per heavy atom. The maximum atomic E-state index is 11.2. The van der Waals surface area contributed by atoms with Crippen LogP contribution < -0.4 is 15.4 Å². The van der Waals surface area contributed by atoms with Gasteiger partial charge in [-0.15, -0.1) is 0 Å². The minimum absolute atomic E-state index is 0.0716. The van der Waals surface area contributed by atoms with E-state index < -0.39 is 5.91 Å². The van der Waals surface area contributed by atoms with E-state index in [0.29, 0.717) is 5.75 Å². The fourth-order valence-electron chi connectivity index (χ4n) is 3.27. The topological polar surface area (TPSA) is 94.2 Å². The van der Waals surface area contributed by atoms with Gasteiger partial charge in [0.1, 0.15) is 29.7 Å². The Balaban J connectivity index is 1.42. The van der Waals surface area contributed by atoms with Crippen LogP contribution in [0.4, 0.5) is 5.82 Å². The molecule has 1 aliphatic carbocycles. The third-order valence-corrected chi connectivity index (χ3v) is 4.54. The van der Waals surface area contributed by atoms with E-state index in [4.69, 9.17) is 10.5 Å². The second-order valence-electron chi connectivity index (χ2n) is 6.22. The van der Waals surface area contributed by atoms with E-state index >= 15 is 0 Å². The zero-order valence-corrected chi connectivity index (χ0v) is 13.3. The average molecular weight is 325 g/mol. The lowest BCUT2D eigenvalue weighted by molar-refractivity contribution is 0.0994. The number of aryl methyl sites for hydroxylation is 1. The first-order valence-corrected chi connectivity index (χ1v) is 8.21. The molecule has 4 rings (SSSR count). The number of ether oxygens (including phenoxy) is 1. The van der Waals surface area contributed by atoms with E-state index in [1.807, 2.05) is 0 Å². The highest BCUT2D eigenvalue weighted by molar-refractivity contribution is 5.91. The summed E-state index contributed by atoms with van der Waals surface area (Å²) < 4.78 is 5.90. The van der Waals surface area contributed by atoms with Gasteiger partial charge in [0, 0.05) is 23.5 Å². The number of carbonyl (C=O) groups is 1. The molecular weight excluding hydrogens is 306 g/mol. The number of nitrogens with zero attached hydrogens (tertiary/aromatic N) is 4. The molecule has 1 fully saturated rings. The van der Waals surface area contributed by atoms with Gasteiger partial charge in [-0.3, -0.25) is 9.78 Å². The van der Waals surface area contributed by atoms with Gasteiger partial charge in [-0.25, -0.2) is 9.97 Å². The van der Waals surface area contributed by atoms with Crippen LogP contribution in [0.2, 0.25) is 0 Å². The summed E-state index contributed by atoms with van der Waals surface area (Å²) in [5, 5.41) is 0. The monoisotopic (exact) mass is 325 g/mol. The van der Waals surface area contributed by atoms with Gasteiger partial charge in [0.15, 0.2) is 0 Å². The quantitative estimate of drug-likeness (QED) is 0.905. The summed E-state index contributed by atoms with van der Waals surface area (Å²) in [5.41, 5.74) is 7.94. The van der Waals surface area contributed by atoms with Crippen LogP contribution in [0.3, 0.4) is 0 Å². The highest BCUT2D eigenvalue weighted by Crippen LogP contribution is 2.30. The first-order chi connectivity index (χ1) is 11.7. The van der Waals surface area contributed by atoms with Crippen molar-refractivity contribution in [3.63, 3.8) is 0 Å². The van der Waals surface area contributed by atoms with Crippen LogP contribution in [0.25, 0.3) is 0 Å². The highest BCUT2D eigenvalue weighted by atomic mass is 16.5. The van der Waals surface area contributed by atoms with Crippen molar-refractivity contribution >= 4 is 11.7 Å². The van der Waals surface area contributed by atoms with E-state index in [9.17, 15) is 4.79 Å². The van der Waals surface area contributed by atoms with Gasteiger partial charge >= 0.3 is 0 Å². The molecule has 1 amide bonds. The fraction of sp³-hybridized carbons (Fsp3) is 0.412. The Morgan fingerprint density at radius 1 is 1.21 bits per heavy atom. The van der Waals surface area contributed by atoms with Crippen LogP contribution in [-0.4, -0.2) is 40.1 Å². The molecule has 0 spiro atoms. The zero-order chi connectivity index (χ0) is 16.5. The fourth-order valence-corrected chi connectivity index (χ4v) is 3.27. The maximum Gasteiger partial charge on any atom is 0.267 e. The lowest BCUT2D eigenvalue weighted by atomic mass is 9.95. The Labute approximate surface area is 139 Å². The molecule has 3 heterocycles. The molecule has 0 saturated carbocycles. The number of anilines is 1. The number of rotatable bonds is 4. The lowest BCUT2D eigenvalue weighted by Gasteiger charge is -2.41. The molecule has 2 aromatic heterocycles. The molecule has 124 valence electrons. The summed E-state index contributed by atoms with van der Waals surface area (Å²) in [4.78, 5) is 26.2. The molecule has 2 aliphatic rings. The van der Waals surface area contributed by atoms with E-state index in [-0.39, 0.29) is 11.8 Å². The Morgan fingerprint density at radius 2 is 2.04 bits per heavy atom. The summed E-state index contributed by atoms with van der Waals surface area (Å²) >= 11 is 0. The summed E-state index contributed by atoms with van der Waals surface area (Å²) in [5.74, 6) is 1.11. The minimum atomic E-state index is -0.553. The lowest BCUT2D eigenvalue weighted by Crippen LogP contribution is -2.54. The summed E-state index contributed by atoms with van der Waals surface area (Å²) in [6.07, 6.45) is 7.78. The van der Waals surface area contributed by atoms with Crippen LogP contribution in [0.1, 0.15) is 34.6 Å². The number of pyridine rings is 1. The normalized spacial score (nSPS) is 17.1. The summed E-state index contributed by atoms with van der Waals surface area (Å²) in [7, 11) is 0. The molecule has 0 atom stereocenters. The van der Waals surface area contributed by atoms with E-state index in [0.717, 1.165) is 31.7 Å². The van der Waals surface area contributed by atoms with Gasteiger partial charge in [-0.1, -0.05) is 0 Å². The molecule has 0 radical (unpaired) electrons. The molecule has 2 N–H and O–H groups in total. The van der Waals surface area contributed by atoms with Gasteiger partial charge in [-0.2, -0.15) is 0 Å². The third-order valence-electron chi connectivity index (χ3n) is 4.54. The number of hydrogen-bond donors (Lipinski definition) is 1. The molecular formula is C17H19N5O2.